The summed E-state index contributed by atoms with van der Waals surface area (Å²) in [4.78, 5) is 16.2. The average Bonchev–Trinajstić information content (AvgIpc) is 2.60. The van der Waals surface area contributed by atoms with Gasteiger partial charge in [0.2, 0.25) is 5.43 Å². The summed E-state index contributed by atoms with van der Waals surface area (Å²) in [7, 11) is 0. The highest BCUT2D eigenvalue weighted by Crippen LogP contribution is 2.26. The van der Waals surface area contributed by atoms with E-state index in [0.29, 0.717) is 29.2 Å². The van der Waals surface area contributed by atoms with E-state index >= 15 is 0 Å². The van der Waals surface area contributed by atoms with E-state index in [1.807, 2.05) is 18.2 Å². The maximum absolute atomic E-state index is 11.6. The summed E-state index contributed by atoms with van der Waals surface area (Å²) in [5.41, 5.74) is 8.44. The molecule has 0 aromatic heterocycles. The zero-order valence-corrected chi connectivity index (χ0v) is 13.2. The summed E-state index contributed by atoms with van der Waals surface area (Å²) in [6.45, 7) is 1.22. The van der Waals surface area contributed by atoms with Crippen LogP contribution >= 0.6 is 0 Å². The Labute approximate surface area is 138 Å². The van der Waals surface area contributed by atoms with E-state index in [1.54, 1.807) is 6.07 Å². The van der Waals surface area contributed by atoms with Crippen LogP contribution in [-0.4, -0.2) is 17.9 Å². The van der Waals surface area contributed by atoms with Gasteiger partial charge in [-0.1, -0.05) is 6.07 Å². The van der Waals surface area contributed by atoms with E-state index in [1.165, 1.54) is 6.07 Å². The average molecular weight is 326 g/mol. The van der Waals surface area contributed by atoms with Gasteiger partial charge in [0.05, 0.1) is 12.3 Å². The molecule has 124 valence electrons. The molecule has 1 aromatic rings. The quantitative estimate of drug-likeness (QED) is 0.588. The molecule has 0 bridgehead atoms. The third-order valence-electron chi connectivity index (χ3n) is 4.15. The molecule has 0 amide bonds. The Morgan fingerprint density at radius 1 is 1.25 bits per heavy atom. The van der Waals surface area contributed by atoms with Gasteiger partial charge in [0.1, 0.15) is 11.2 Å². The van der Waals surface area contributed by atoms with Crippen LogP contribution in [0.1, 0.15) is 24.8 Å². The van der Waals surface area contributed by atoms with Gasteiger partial charge in [-0.05, 0) is 43.0 Å². The molecule has 2 aliphatic heterocycles. The largest absolute Gasteiger partial charge is 0.453 e. The minimum Gasteiger partial charge on any atom is -0.453 e. The molecule has 24 heavy (non-hydrogen) atoms. The molecule has 6 heteroatoms. The lowest BCUT2D eigenvalue weighted by Crippen LogP contribution is -2.21. The van der Waals surface area contributed by atoms with Crippen LogP contribution in [0.5, 0.6) is 0 Å². The number of hydrogen-bond donors (Lipinski definition) is 1. The van der Waals surface area contributed by atoms with Crippen LogP contribution in [0.15, 0.2) is 39.5 Å². The van der Waals surface area contributed by atoms with Crippen LogP contribution in [0, 0.1) is 0 Å². The van der Waals surface area contributed by atoms with E-state index < -0.39 is 0 Å². The summed E-state index contributed by atoms with van der Waals surface area (Å²) < 4.78 is 17.1. The van der Waals surface area contributed by atoms with Crippen molar-refractivity contribution in [2.45, 2.75) is 32.2 Å². The van der Waals surface area contributed by atoms with Gasteiger partial charge in [0.15, 0.2) is 17.6 Å². The first-order valence-electron chi connectivity index (χ1n) is 8.05. The fourth-order valence-corrected chi connectivity index (χ4v) is 2.84. The van der Waals surface area contributed by atoms with Gasteiger partial charge < -0.3 is 19.6 Å². The minimum atomic E-state index is -0.259. The van der Waals surface area contributed by atoms with E-state index in [9.17, 15) is 4.79 Å². The molecule has 2 N–H and O–H groups in total. The van der Waals surface area contributed by atoms with Gasteiger partial charge in [-0.2, -0.15) is 0 Å². The van der Waals surface area contributed by atoms with Crippen LogP contribution < -0.4 is 11.2 Å². The summed E-state index contributed by atoms with van der Waals surface area (Å²) in [6.07, 6.45) is 3.04. The summed E-state index contributed by atoms with van der Waals surface area (Å²) in [6, 6.07) is 8.59. The van der Waals surface area contributed by atoms with Crippen molar-refractivity contribution in [1.82, 2.24) is 4.98 Å². The van der Waals surface area contributed by atoms with Gasteiger partial charge in [0.25, 0.3) is 0 Å². The Balaban J connectivity index is 1.62. The SMILES string of the molecule is Nc1cc2nc3cc(COC4CCCCO4)ccc3oc-2cc1=O. The number of ether oxygens (including phenoxy) is 2. The molecule has 1 saturated heterocycles. The molecule has 1 aromatic carbocycles. The molecule has 0 spiro atoms. The second kappa shape index (κ2) is 6.22. The van der Waals surface area contributed by atoms with Crippen molar-refractivity contribution in [1.29, 1.82) is 0 Å². The number of benzene rings is 2. The molecule has 1 aliphatic carbocycles. The third-order valence-corrected chi connectivity index (χ3v) is 4.15. The molecular weight excluding hydrogens is 308 g/mol. The topological polar surface area (TPSA) is 87.6 Å². The van der Waals surface area contributed by atoms with Gasteiger partial charge in [-0.3, -0.25) is 4.79 Å². The van der Waals surface area contributed by atoms with Gasteiger partial charge in [-0.25, -0.2) is 4.98 Å². The number of hydrogen-bond acceptors (Lipinski definition) is 6. The Morgan fingerprint density at radius 3 is 3.00 bits per heavy atom. The zero-order valence-electron chi connectivity index (χ0n) is 13.2. The van der Waals surface area contributed by atoms with Crippen LogP contribution in [-0.2, 0) is 16.1 Å². The smallest absolute Gasteiger partial charge is 0.205 e. The molecule has 4 rings (SSSR count). The van der Waals surface area contributed by atoms with E-state index in [2.05, 4.69) is 4.98 Å². The second-order valence-corrected chi connectivity index (χ2v) is 5.98. The van der Waals surface area contributed by atoms with Gasteiger partial charge >= 0.3 is 0 Å². The number of anilines is 1. The lowest BCUT2D eigenvalue weighted by atomic mass is 10.1. The summed E-state index contributed by atoms with van der Waals surface area (Å²) in [5, 5.41) is 0. The molecule has 2 heterocycles. The van der Waals surface area contributed by atoms with Crippen molar-refractivity contribution in [2.75, 3.05) is 12.3 Å². The fraction of sp³-hybridized carbons (Fsp3) is 0.333. The second-order valence-electron chi connectivity index (χ2n) is 5.98. The Hall–Kier alpha value is -2.44. The van der Waals surface area contributed by atoms with Crippen molar-refractivity contribution < 1.29 is 13.9 Å². The molecule has 3 aliphatic rings. The molecule has 6 nitrogen and oxygen atoms in total. The highest BCUT2D eigenvalue weighted by molar-refractivity contribution is 5.77. The zero-order chi connectivity index (χ0) is 16.5. The van der Waals surface area contributed by atoms with Gasteiger partial charge in [0, 0.05) is 12.7 Å². The molecule has 0 radical (unpaired) electrons. The third kappa shape index (κ3) is 2.98. The van der Waals surface area contributed by atoms with Crippen molar-refractivity contribution in [3.63, 3.8) is 0 Å². The van der Waals surface area contributed by atoms with Crippen molar-refractivity contribution in [2.24, 2.45) is 0 Å². The van der Waals surface area contributed by atoms with Crippen molar-refractivity contribution in [3.05, 3.63) is 46.1 Å². The lowest BCUT2D eigenvalue weighted by Gasteiger charge is -2.22. The van der Waals surface area contributed by atoms with Crippen LogP contribution in [0.25, 0.3) is 22.6 Å². The van der Waals surface area contributed by atoms with E-state index in [-0.39, 0.29) is 17.4 Å². The highest BCUT2D eigenvalue weighted by atomic mass is 16.7. The van der Waals surface area contributed by atoms with Crippen LogP contribution in [0.2, 0.25) is 0 Å². The highest BCUT2D eigenvalue weighted by Gasteiger charge is 2.15. The first-order valence-corrected chi connectivity index (χ1v) is 8.05. The van der Waals surface area contributed by atoms with Gasteiger partial charge in [-0.15, -0.1) is 0 Å². The number of fused-ring (bicyclic) bond motifs is 2. The predicted octanol–water partition coefficient (Wildman–Crippen LogP) is 2.92. The maximum Gasteiger partial charge on any atom is 0.205 e. The maximum atomic E-state index is 11.6. The number of nitrogen functional groups attached to an aromatic ring is 1. The summed E-state index contributed by atoms with van der Waals surface area (Å²) >= 11 is 0. The number of rotatable bonds is 3. The molecular formula is C18H18N2O4. The van der Waals surface area contributed by atoms with E-state index in [4.69, 9.17) is 19.6 Å². The molecule has 1 atom stereocenters. The number of nitrogens with two attached hydrogens (primary N) is 1. The molecule has 0 saturated carbocycles. The Morgan fingerprint density at radius 2 is 2.17 bits per heavy atom. The first-order chi connectivity index (χ1) is 11.7. The number of aromatic nitrogens is 1. The molecule has 1 fully saturated rings. The van der Waals surface area contributed by atoms with Crippen molar-refractivity contribution >= 4 is 16.8 Å². The minimum absolute atomic E-state index is 0.126. The van der Waals surface area contributed by atoms with Crippen molar-refractivity contribution in [3.8, 4) is 11.5 Å². The van der Waals surface area contributed by atoms with Crippen LogP contribution in [0.4, 0.5) is 5.69 Å². The normalized spacial score (nSPS) is 18.2. The number of nitrogens with zero attached hydrogens (tertiary/aromatic N) is 1. The summed E-state index contributed by atoms with van der Waals surface area (Å²) in [5.74, 6) is 0.432. The first kappa shape index (κ1) is 15.1. The monoisotopic (exact) mass is 326 g/mol. The van der Waals surface area contributed by atoms with Crippen LogP contribution in [0.3, 0.4) is 0 Å². The Kier molecular flexibility index (Phi) is 3.92. The fourth-order valence-electron chi connectivity index (χ4n) is 2.84. The lowest BCUT2D eigenvalue weighted by molar-refractivity contribution is -0.168. The standard InChI is InChI=1S/C18H18N2O4/c19-12-8-14-17(9-15(12)21)24-16-5-4-11(7-13(16)20-14)10-23-18-3-1-2-6-22-18/h4-5,7-9,18H,1-3,6,10,19H2. The predicted molar refractivity (Wildman–Crippen MR) is 89.7 cm³/mol. The van der Waals surface area contributed by atoms with E-state index in [0.717, 1.165) is 31.4 Å². The molecule has 1 unspecified atom stereocenters. The Bertz CT molecular complexity index is 899.